The van der Waals surface area contributed by atoms with Crippen molar-refractivity contribution in [1.29, 1.82) is 0 Å². The molecular weight excluding hydrogens is 296 g/mol. The van der Waals surface area contributed by atoms with Crippen LogP contribution in [0.1, 0.15) is 11.5 Å². The molecule has 1 aromatic carbocycles. The standard InChI is InChI=1S/C14H13F2N3OS/c15-14(16)21-8-10-5-4-9(20-10)6-17-12-2-1-3-13-11(12)7-18-19-13/h1-5,7,14,17H,6,8H2,(H,18,19). The summed E-state index contributed by atoms with van der Waals surface area (Å²) >= 11 is 0.555. The number of halogens is 2. The first-order chi connectivity index (χ1) is 10.2. The second-order valence-electron chi connectivity index (χ2n) is 4.43. The lowest BCUT2D eigenvalue weighted by molar-refractivity contribution is 0.251. The number of hydrogen-bond acceptors (Lipinski definition) is 4. The van der Waals surface area contributed by atoms with Crippen molar-refractivity contribution in [3.63, 3.8) is 0 Å². The van der Waals surface area contributed by atoms with E-state index >= 15 is 0 Å². The molecule has 0 atom stereocenters. The molecule has 0 aliphatic rings. The first kappa shape index (κ1) is 13.9. The minimum Gasteiger partial charge on any atom is -0.463 e. The summed E-state index contributed by atoms with van der Waals surface area (Å²) in [7, 11) is 0. The molecular formula is C14H13F2N3OS. The summed E-state index contributed by atoms with van der Waals surface area (Å²) in [4.78, 5) is 0. The van der Waals surface area contributed by atoms with Gasteiger partial charge in [-0.25, -0.2) is 0 Å². The number of rotatable bonds is 6. The molecule has 0 unspecified atom stereocenters. The SMILES string of the molecule is FC(F)SCc1ccc(CNc2cccc3[nH]ncc23)o1. The third-order valence-corrected chi connectivity index (χ3v) is 3.71. The first-order valence-electron chi connectivity index (χ1n) is 6.35. The maximum absolute atomic E-state index is 12.1. The molecule has 0 aliphatic heterocycles. The highest BCUT2D eigenvalue weighted by molar-refractivity contribution is 7.98. The largest absolute Gasteiger partial charge is 0.463 e. The molecule has 2 N–H and O–H groups in total. The van der Waals surface area contributed by atoms with Crippen molar-refractivity contribution >= 4 is 28.4 Å². The van der Waals surface area contributed by atoms with Gasteiger partial charge in [-0.15, -0.1) is 0 Å². The topological polar surface area (TPSA) is 53.9 Å². The lowest BCUT2D eigenvalue weighted by atomic mass is 10.2. The zero-order valence-corrected chi connectivity index (χ0v) is 11.8. The summed E-state index contributed by atoms with van der Waals surface area (Å²) in [6, 6.07) is 9.35. The number of nitrogens with one attached hydrogen (secondary N) is 2. The molecule has 0 fully saturated rings. The van der Waals surface area contributed by atoms with Crippen LogP contribution in [0.15, 0.2) is 40.9 Å². The molecule has 3 aromatic rings. The van der Waals surface area contributed by atoms with Gasteiger partial charge >= 0.3 is 0 Å². The molecule has 21 heavy (non-hydrogen) atoms. The number of aromatic amines is 1. The number of fused-ring (bicyclic) bond motifs is 1. The molecule has 0 saturated carbocycles. The van der Waals surface area contributed by atoms with Crippen molar-refractivity contribution in [2.45, 2.75) is 18.1 Å². The van der Waals surface area contributed by atoms with Crippen LogP contribution in [0.3, 0.4) is 0 Å². The second-order valence-corrected chi connectivity index (χ2v) is 5.41. The van der Waals surface area contributed by atoms with E-state index in [1.54, 1.807) is 18.3 Å². The van der Waals surface area contributed by atoms with Crippen LogP contribution in [0.2, 0.25) is 0 Å². The van der Waals surface area contributed by atoms with Crippen LogP contribution in [0.25, 0.3) is 10.9 Å². The van der Waals surface area contributed by atoms with Gasteiger partial charge in [-0.05, 0) is 24.3 Å². The summed E-state index contributed by atoms with van der Waals surface area (Å²) in [5, 5.41) is 11.2. The Morgan fingerprint density at radius 3 is 2.95 bits per heavy atom. The summed E-state index contributed by atoms with van der Waals surface area (Å²) in [6.07, 6.45) is 1.75. The van der Waals surface area contributed by atoms with Crippen molar-refractivity contribution in [3.8, 4) is 0 Å². The van der Waals surface area contributed by atoms with Gasteiger partial charge in [0.15, 0.2) is 0 Å². The molecule has 0 saturated heterocycles. The van der Waals surface area contributed by atoms with Crippen LogP contribution < -0.4 is 5.32 Å². The van der Waals surface area contributed by atoms with E-state index in [9.17, 15) is 8.78 Å². The van der Waals surface area contributed by atoms with Gasteiger partial charge in [0, 0.05) is 11.1 Å². The maximum Gasteiger partial charge on any atom is 0.284 e. The third kappa shape index (κ3) is 3.36. The van der Waals surface area contributed by atoms with Crippen molar-refractivity contribution in [2.75, 3.05) is 5.32 Å². The summed E-state index contributed by atoms with van der Waals surface area (Å²) in [5.74, 6) is -0.941. The van der Waals surface area contributed by atoms with E-state index in [2.05, 4.69) is 15.5 Å². The van der Waals surface area contributed by atoms with E-state index in [0.29, 0.717) is 29.8 Å². The van der Waals surface area contributed by atoms with Crippen molar-refractivity contribution in [2.24, 2.45) is 0 Å². The maximum atomic E-state index is 12.1. The molecule has 0 bridgehead atoms. The Labute approximate surface area is 123 Å². The molecule has 0 aliphatic carbocycles. The molecule has 7 heteroatoms. The Morgan fingerprint density at radius 1 is 1.24 bits per heavy atom. The Morgan fingerprint density at radius 2 is 2.10 bits per heavy atom. The molecule has 4 nitrogen and oxygen atoms in total. The van der Waals surface area contributed by atoms with Crippen molar-refractivity contribution in [1.82, 2.24) is 10.2 Å². The van der Waals surface area contributed by atoms with Crippen LogP contribution >= 0.6 is 11.8 Å². The lowest BCUT2D eigenvalue weighted by Crippen LogP contribution is -1.98. The number of aromatic nitrogens is 2. The minimum atomic E-state index is -2.38. The van der Waals surface area contributed by atoms with Crippen molar-refractivity contribution in [3.05, 3.63) is 48.0 Å². The monoisotopic (exact) mass is 309 g/mol. The van der Waals surface area contributed by atoms with Gasteiger partial charge in [-0.1, -0.05) is 17.8 Å². The minimum absolute atomic E-state index is 0.176. The predicted molar refractivity (Wildman–Crippen MR) is 79.4 cm³/mol. The molecule has 0 amide bonds. The number of benzene rings is 1. The van der Waals surface area contributed by atoms with Crippen LogP contribution in [-0.2, 0) is 12.3 Å². The Kier molecular flexibility index (Phi) is 4.10. The lowest BCUT2D eigenvalue weighted by Gasteiger charge is -2.05. The zero-order chi connectivity index (χ0) is 14.7. The third-order valence-electron chi connectivity index (χ3n) is 3.01. The van der Waals surface area contributed by atoms with Gasteiger partial charge in [-0.2, -0.15) is 13.9 Å². The molecule has 2 aromatic heterocycles. The molecule has 0 spiro atoms. The number of H-pyrrole nitrogens is 1. The van der Waals surface area contributed by atoms with Gasteiger partial charge in [-0.3, -0.25) is 5.10 Å². The molecule has 110 valence electrons. The van der Waals surface area contributed by atoms with Gasteiger partial charge < -0.3 is 9.73 Å². The van der Waals surface area contributed by atoms with E-state index in [1.165, 1.54) is 0 Å². The Balaban J connectivity index is 1.64. The number of hydrogen-bond donors (Lipinski definition) is 2. The number of furan rings is 1. The van der Waals surface area contributed by atoms with Crippen LogP contribution in [0.5, 0.6) is 0 Å². The van der Waals surface area contributed by atoms with Crippen molar-refractivity contribution < 1.29 is 13.2 Å². The fourth-order valence-corrected chi connectivity index (χ4v) is 2.49. The number of alkyl halides is 2. The first-order valence-corrected chi connectivity index (χ1v) is 7.40. The van der Waals surface area contributed by atoms with E-state index < -0.39 is 5.76 Å². The number of anilines is 1. The van der Waals surface area contributed by atoms with Crippen LogP contribution in [0, 0.1) is 0 Å². The smallest absolute Gasteiger partial charge is 0.284 e. The fourth-order valence-electron chi connectivity index (χ4n) is 2.04. The quantitative estimate of drug-likeness (QED) is 0.715. The van der Waals surface area contributed by atoms with Gasteiger partial charge in [0.2, 0.25) is 0 Å². The van der Waals surface area contributed by atoms with Gasteiger partial charge in [0.05, 0.1) is 24.0 Å². The van der Waals surface area contributed by atoms with Crippen LogP contribution in [-0.4, -0.2) is 16.0 Å². The average molecular weight is 309 g/mol. The van der Waals surface area contributed by atoms with Gasteiger partial charge in [0.25, 0.3) is 5.76 Å². The molecule has 3 rings (SSSR count). The molecule has 2 heterocycles. The second kappa shape index (κ2) is 6.17. The Hall–Kier alpha value is -2.02. The summed E-state index contributed by atoms with van der Waals surface area (Å²) in [5.41, 5.74) is 1.90. The van der Waals surface area contributed by atoms with E-state index in [-0.39, 0.29) is 5.75 Å². The van der Waals surface area contributed by atoms with E-state index in [0.717, 1.165) is 16.6 Å². The van der Waals surface area contributed by atoms with Gasteiger partial charge in [0.1, 0.15) is 11.5 Å². The molecule has 0 radical (unpaired) electrons. The number of thioether (sulfide) groups is 1. The summed E-state index contributed by atoms with van der Waals surface area (Å²) in [6.45, 7) is 0.490. The Bertz CT molecular complexity index is 726. The highest BCUT2D eigenvalue weighted by Crippen LogP contribution is 2.23. The highest BCUT2D eigenvalue weighted by Gasteiger charge is 2.08. The average Bonchev–Trinajstić information content (AvgIpc) is 3.12. The van der Waals surface area contributed by atoms with Crippen LogP contribution in [0.4, 0.5) is 14.5 Å². The normalized spacial score (nSPS) is 11.4. The number of nitrogens with zero attached hydrogens (tertiary/aromatic N) is 1. The zero-order valence-electron chi connectivity index (χ0n) is 11.0. The van der Waals surface area contributed by atoms with E-state index in [1.807, 2.05) is 18.2 Å². The summed E-state index contributed by atoms with van der Waals surface area (Å²) < 4.78 is 29.7. The van der Waals surface area contributed by atoms with E-state index in [4.69, 9.17) is 4.42 Å². The fraction of sp³-hybridized carbons (Fsp3) is 0.214. The highest BCUT2D eigenvalue weighted by atomic mass is 32.2. The predicted octanol–water partition coefficient (Wildman–Crippen LogP) is 4.22.